The fourth-order valence-corrected chi connectivity index (χ4v) is 4.15. The van der Waals surface area contributed by atoms with Crippen LogP contribution in [-0.2, 0) is 19.2 Å². The number of anilines is 1. The highest BCUT2D eigenvalue weighted by Crippen LogP contribution is 2.50. The van der Waals surface area contributed by atoms with Crippen LogP contribution in [0.5, 0.6) is 0 Å². The molecule has 0 unspecified atom stereocenters. The average Bonchev–Trinajstić information content (AvgIpc) is 2.75. The molecule has 6 heteroatoms. The van der Waals surface area contributed by atoms with Crippen LogP contribution in [0.1, 0.15) is 12.8 Å². The summed E-state index contributed by atoms with van der Waals surface area (Å²) in [5, 5.41) is 0.505. The van der Waals surface area contributed by atoms with E-state index >= 15 is 0 Å². The van der Waals surface area contributed by atoms with E-state index in [-0.39, 0.29) is 36.2 Å². The summed E-state index contributed by atoms with van der Waals surface area (Å²) in [7, 11) is 0. The minimum absolute atomic E-state index is 0.0649. The lowest BCUT2D eigenvalue weighted by atomic mass is 9.58. The van der Waals surface area contributed by atoms with E-state index in [0.29, 0.717) is 10.7 Å². The summed E-state index contributed by atoms with van der Waals surface area (Å²) in [5.41, 5.74) is 0.438. The predicted molar refractivity (Wildman–Crippen MR) is 77.2 cm³/mol. The Morgan fingerprint density at radius 2 is 1.27 bits per heavy atom. The number of imide groups is 1. The highest BCUT2D eigenvalue weighted by atomic mass is 35.5. The fourth-order valence-electron chi connectivity index (χ4n) is 4.02. The average molecular weight is 318 g/mol. The topological polar surface area (TPSA) is 71.5 Å². The van der Waals surface area contributed by atoms with E-state index in [4.69, 9.17) is 11.6 Å². The zero-order valence-electron chi connectivity index (χ0n) is 11.5. The summed E-state index contributed by atoms with van der Waals surface area (Å²) in [5.74, 6) is -3.47. The van der Waals surface area contributed by atoms with Crippen molar-refractivity contribution >= 4 is 40.7 Å². The second-order valence-electron chi connectivity index (χ2n) is 6.09. The number of amides is 2. The number of carbonyl (C=O) groups is 4. The molecule has 3 saturated carbocycles. The number of halogens is 1. The van der Waals surface area contributed by atoms with Gasteiger partial charge in [-0.1, -0.05) is 11.6 Å². The van der Waals surface area contributed by atoms with E-state index in [1.165, 1.54) is 0 Å². The first kappa shape index (κ1) is 13.6. The van der Waals surface area contributed by atoms with Crippen molar-refractivity contribution in [3.8, 4) is 0 Å². The number of benzene rings is 1. The minimum Gasteiger partial charge on any atom is -0.299 e. The highest BCUT2D eigenvalue weighted by Gasteiger charge is 2.63. The summed E-state index contributed by atoms with van der Waals surface area (Å²) >= 11 is 5.83. The van der Waals surface area contributed by atoms with Gasteiger partial charge in [-0.05, 0) is 24.3 Å². The summed E-state index contributed by atoms with van der Waals surface area (Å²) in [6.45, 7) is 0. The molecule has 1 aromatic rings. The third kappa shape index (κ3) is 1.66. The Balaban J connectivity index is 1.78. The van der Waals surface area contributed by atoms with Crippen molar-refractivity contribution in [2.75, 3.05) is 4.90 Å². The molecular weight excluding hydrogens is 306 g/mol. The molecule has 1 heterocycles. The molecule has 1 saturated heterocycles. The summed E-state index contributed by atoms with van der Waals surface area (Å²) in [6.07, 6.45) is 0.191. The molecule has 3 aliphatic carbocycles. The first-order valence-electron chi connectivity index (χ1n) is 7.18. The Kier molecular flexibility index (Phi) is 2.78. The SMILES string of the molecule is O=C1C[C@H]2C(=O)C[C@@H]1[C@@H]1C(=O)N(c3ccc(Cl)cc3)C(=O)[C@@H]12. The number of fused-ring (bicyclic) bond motifs is 2. The molecule has 0 N–H and O–H groups in total. The van der Waals surface area contributed by atoms with Crippen molar-refractivity contribution in [1.82, 2.24) is 0 Å². The van der Waals surface area contributed by atoms with Crippen LogP contribution in [-0.4, -0.2) is 23.4 Å². The van der Waals surface area contributed by atoms with Crippen LogP contribution in [0.3, 0.4) is 0 Å². The third-order valence-electron chi connectivity index (χ3n) is 5.02. The maximum atomic E-state index is 12.7. The number of carbonyl (C=O) groups excluding carboxylic acids is 4. The van der Waals surface area contributed by atoms with Gasteiger partial charge in [-0.15, -0.1) is 0 Å². The maximum Gasteiger partial charge on any atom is 0.238 e. The molecule has 4 aliphatic rings. The molecule has 1 aromatic carbocycles. The zero-order valence-corrected chi connectivity index (χ0v) is 12.2. The predicted octanol–water partition coefficient (Wildman–Crippen LogP) is 1.62. The van der Waals surface area contributed by atoms with Gasteiger partial charge in [0.05, 0.1) is 17.5 Å². The van der Waals surface area contributed by atoms with Gasteiger partial charge in [-0.2, -0.15) is 0 Å². The Hall–Kier alpha value is -2.01. The Labute approximate surface area is 131 Å². The van der Waals surface area contributed by atoms with Crippen molar-refractivity contribution in [2.24, 2.45) is 23.7 Å². The number of nitrogens with zero attached hydrogens (tertiary/aromatic N) is 1. The summed E-state index contributed by atoms with van der Waals surface area (Å²) in [4.78, 5) is 50.6. The molecule has 22 heavy (non-hydrogen) atoms. The Bertz CT molecular complexity index is 686. The van der Waals surface area contributed by atoms with Crippen molar-refractivity contribution < 1.29 is 19.2 Å². The first-order chi connectivity index (χ1) is 10.5. The maximum absolute atomic E-state index is 12.7. The number of ketones is 2. The van der Waals surface area contributed by atoms with Gasteiger partial charge in [0.1, 0.15) is 11.6 Å². The summed E-state index contributed by atoms with van der Waals surface area (Å²) in [6, 6.07) is 6.40. The van der Waals surface area contributed by atoms with Crippen LogP contribution in [0, 0.1) is 23.7 Å². The fraction of sp³-hybridized carbons (Fsp3) is 0.375. The van der Waals surface area contributed by atoms with Crippen LogP contribution in [0.2, 0.25) is 5.02 Å². The largest absolute Gasteiger partial charge is 0.299 e. The molecule has 2 bridgehead atoms. The lowest BCUT2D eigenvalue weighted by Crippen LogP contribution is -2.51. The van der Waals surface area contributed by atoms with Crippen molar-refractivity contribution in [3.63, 3.8) is 0 Å². The van der Waals surface area contributed by atoms with Gasteiger partial charge >= 0.3 is 0 Å². The van der Waals surface area contributed by atoms with Crippen LogP contribution < -0.4 is 4.90 Å². The number of hydrogen-bond donors (Lipinski definition) is 0. The molecular formula is C16H12ClNO4. The number of hydrogen-bond acceptors (Lipinski definition) is 4. The molecule has 0 radical (unpaired) electrons. The smallest absolute Gasteiger partial charge is 0.238 e. The monoisotopic (exact) mass is 317 g/mol. The van der Waals surface area contributed by atoms with Crippen LogP contribution in [0.15, 0.2) is 24.3 Å². The van der Waals surface area contributed by atoms with E-state index in [1.54, 1.807) is 24.3 Å². The molecule has 4 atom stereocenters. The molecule has 2 amide bonds. The van der Waals surface area contributed by atoms with Gasteiger partial charge in [0.25, 0.3) is 0 Å². The van der Waals surface area contributed by atoms with E-state index in [0.717, 1.165) is 4.90 Å². The Morgan fingerprint density at radius 3 is 1.73 bits per heavy atom. The van der Waals surface area contributed by atoms with Gasteiger partial charge in [0.2, 0.25) is 11.8 Å². The second kappa shape index (κ2) is 4.49. The molecule has 5 nitrogen and oxygen atoms in total. The highest BCUT2D eigenvalue weighted by molar-refractivity contribution is 6.31. The van der Waals surface area contributed by atoms with E-state index in [2.05, 4.69) is 0 Å². The zero-order chi connectivity index (χ0) is 15.6. The van der Waals surface area contributed by atoms with Crippen LogP contribution in [0.25, 0.3) is 0 Å². The summed E-state index contributed by atoms with van der Waals surface area (Å²) < 4.78 is 0. The molecule has 112 valence electrons. The van der Waals surface area contributed by atoms with Gasteiger partial charge < -0.3 is 0 Å². The molecule has 4 fully saturated rings. The first-order valence-corrected chi connectivity index (χ1v) is 7.55. The second-order valence-corrected chi connectivity index (χ2v) is 6.53. The minimum atomic E-state index is -0.674. The van der Waals surface area contributed by atoms with Crippen molar-refractivity contribution in [1.29, 1.82) is 0 Å². The molecule has 0 spiro atoms. The van der Waals surface area contributed by atoms with Crippen molar-refractivity contribution in [2.45, 2.75) is 12.8 Å². The number of rotatable bonds is 1. The lowest BCUT2D eigenvalue weighted by molar-refractivity contribution is -0.153. The third-order valence-corrected chi connectivity index (χ3v) is 5.27. The van der Waals surface area contributed by atoms with E-state index < -0.39 is 23.7 Å². The molecule has 1 aliphatic heterocycles. The normalized spacial score (nSPS) is 33.6. The van der Waals surface area contributed by atoms with E-state index in [9.17, 15) is 19.2 Å². The lowest BCUT2D eigenvalue weighted by Gasteiger charge is -2.40. The molecule has 5 rings (SSSR count). The van der Waals surface area contributed by atoms with Crippen molar-refractivity contribution in [3.05, 3.63) is 29.3 Å². The Morgan fingerprint density at radius 1 is 0.818 bits per heavy atom. The van der Waals surface area contributed by atoms with Gasteiger partial charge in [0.15, 0.2) is 0 Å². The van der Waals surface area contributed by atoms with Gasteiger partial charge in [0, 0.05) is 29.7 Å². The number of Topliss-reactive ketones (excluding diaryl/α,β-unsaturated/α-hetero) is 2. The standard InChI is InChI=1S/C16H12ClNO4/c17-7-1-3-8(4-2-7)18-15(21)13-9-5-11(19)10(6-12(9)20)14(13)16(18)22/h1-4,9-10,13-14H,5-6H2/t9-,10-,13-,14+/m0/s1. The van der Waals surface area contributed by atoms with Gasteiger partial charge in [-0.3, -0.25) is 24.1 Å². The van der Waals surface area contributed by atoms with Crippen LogP contribution >= 0.6 is 11.6 Å². The van der Waals surface area contributed by atoms with E-state index in [1.807, 2.05) is 0 Å². The quantitative estimate of drug-likeness (QED) is 0.738. The van der Waals surface area contributed by atoms with Gasteiger partial charge in [-0.25, -0.2) is 0 Å². The van der Waals surface area contributed by atoms with Crippen LogP contribution in [0.4, 0.5) is 5.69 Å². The molecule has 0 aromatic heterocycles.